The molecule has 0 fully saturated rings. The first-order valence-corrected chi connectivity index (χ1v) is 6.57. The van der Waals surface area contributed by atoms with Crippen molar-refractivity contribution in [2.75, 3.05) is 11.4 Å². The lowest BCUT2D eigenvalue weighted by Gasteiger charge is -2.31. The van der Waals surface area contributed by atoms with Crippen LogP contribution in [0.2, 0.25) is 0 Å². The van der Waals surface area contributed by atoms with Gasteiger partial charge in [0, 0.05) is 30.8 Å². The van der Waals surface area contributed by atoms with Crippen molar-refractivity contribution in [2.24, 2.45) is 5.16 Å². The topological polar surface area (TPSA) is 35.8 Å². The number of halogens is 1. The molecule has 3 rings (SSSR count). The van der Waals surface area contributed by atoms with Crippen molar-refractivity contribution >= 4 is 11.4 Å². The minimum atomic E-state index is -0.217. The van der Waals surface area contributed by atoms with Gasteiger partial charge < -0.3 is 10.1 Å². The fourth-order valence-electron chi connectivity index (χ4n) is 2.61. The van der Waals surface area contributed by atoms with E-state index in [0.717, 1.165) is 23.4 Å². The molecule has 0 atom stereocenters. The Hall–Kier alpha value is -2.36. The SMILES string of the molecule is ON=C1CCN(Cc2cccc(F)c2)c2ccccc21. The molecule has 0 bridgehead atoms. The quantitative estimate of drug-likeness (QED) is 0.670. The summed E-state index contributed by atoms with van der Waals surface area (Å²) in [7, 11) is 0. The van der Waals surface area contributed by atoms with Crippen LogP contribution in [-0.4, -0.2) is 17.5 Å². The highest BCUT2D eigenvalue weighted by Crippen LogP contribution is 2.28. The minimum Gasteiger partial charge on any atom is -0.411 e. The van der Waals surface area contributed by atoms with Gasteiger partial charge in [-0.1, -0.05) is 35.5 Å². The Morgan fingerprint density at radius 2 is 2.00 bits per heavy atom. The predicted molar refractivity (Wildman–Crippen MR) is 76.8 cm³/mol. The van der Waals surface area contributed by atoms with Gasteiger partial charge in [0.1, 0.15) is 5.82 Å². The molecule has 2 aromatic carbocycles. The predicted octanol–water partition coefficient (Wildman–Crippen LogP) is 3.41. The summed E-state index contributed by atoms with van der Waals surface area (Å²) in [6.45, 7) is 1.40. The standard InChI is InChI=1S/C16H15FN2O/c17-13-5-3-4-12(10-13)11-19-9-8-15(18-20)14-6-1-2-7-16(14)19/h1-7,10,20H,8-9,11H2. The summed E-state index contributed by atoms with van der Waals surface area (Å²) >= 11 is 0. The monoisotopic (exact) mass is 270 g/mol. The van der Waals surface area contributed by atoms with Gasteiger partial charge in [-0.05, 0) is 23.8 Å². The van der Waals surface area contributed by atoms with Crippen molar-refractivity contribution in [1.82, 2.24) is 0 Å². The number of benzene rings is 2. The first-order valence-electron chi connectivity index (χ1n) is 6.57. The number of nitrogens with zero attached hydrogens (tertiary/aromatic N) is 2. The fourth-order valence-corrected chi connectivity index (χ4v) is 2.61. The molecule has 0 amide bonds. The molecule has 3 nitrogen and oxygen atoms in total. The Bertz CT molecular complexity index is 654. The van der Waals surface area contributed by atoms with Crippen molar-refractivity contribution in [3.05, 3.63) is 65.5 Å². The van der Waals surface area contributed by atoms with E-state index in [1.165, 1.54) is 6.07 Å². The molecule has 0 aliphatic carbocycles. The number of para-hydroxylation sites is 1. The van der Waals surface area contributed by atoms with E-state index in [2.05, 4.69) is 10.1 Å². The van der Waals surface area contributed by atoms with Crippen LogP contribution in [0.3, 0.4) is 0 Å². The van der Waals surface area contributed by atoms with Crippen LogP contribution < -0.4 is 4.90 Å². The maximum atomic E-state index is 13.3. The summed E-state index contributed by atoms with van der Waals surface area (Å²) in [5.74, 6) is -0.217. The van der Waals surface area contributed by atoms with Gasteiger partial charge in [-0.2, -0.15) is 0 Å². The molecular formula is C16H15FN2O. The molecule has 0 aromatic heterocycles. The third-order valence-corrected chi connectivity index (χ3v) is 3.56. The van der Waals surface area contributed by atoms with Crippen LogP contribution >= 0.6 is 0 Å². The van der Waals surface area contributed by atoms with Crippen molar-refractivity contribution in [3.63, 3.8) is 0 Å². The average molecular weight is 270 g/mol. The van der Waals surface area contributed by atoms with E-state index >= 15 is 0 Å². The molecule has 20 heavy (non-hydrogen) atoms. The maximum Gasteiger partial charge on any atom is 0.123 e. The third kappa shape index (κ3) is 2.37. The highest BCUT2D eigenvalue weighted by molar-refractivity contribution is 6.06. The first kappa shape index (κ1) is 12.7. The van der Waals surface area contributed by atoms with E-state index in [1.807, 2.05) is 30.3 Å². The van der Waals surface area contributed by atoms with Crippen molar-refractivity contribution < 1.29 is 9.60 Å². The van der Waals surface area contributed by atoms with Gasteiger partial charge >= 0.3 is 0 Å². The average Bonchev–Trinajstić information content (AvgIpc) is 2.48. The Morgan fingerprint density at radius 3 is 2.80 bits per heavy atom. The maximum absolute atomic E-state index is 13.3. The van der Waals surface area contributed by atoms with Crippen LogP contribution in [0.5, 0.6) is 0 Å². The molecule has 1 N–H and O–H groups in total. The molecule has 0 saturated carbocycles. The zero-order valence-electron chi connectivity index (χ0n) is 11.0. The van der Waals surface area contributed by atoms with Gasteiger partial charge in [0.2, 0.25) is 0 Å². The first-order chi connectivity index (χ1) is 9.78. The molecule has 1 aliphatic heterocycles. The highest BCUT2D eigenvalue weighted by Gasteiger charge is 2.21. The lowest BCUT2D eigenvalue weighted by Crippen LogP contribution is -2.31. The fraction of sp³-hybridized carbons (Fsp3) is 0.188. The van der Waals surface area contributed by atoms with Crippen LogP contribution in [0.15, 0.2) is 53.7 Å². The van der Waals surface area contributed by atoms with Gasteiger partial charge in [-0.25, -0.2) is 4.39 Å². The summed E-state index contributed by atoms with van der Waals surface area (Å²) < 4.78 is 13.3. The lowest BCUT2D eigenvalue weighted by molar-refractivity contribution is 0.317. The number of fused-ring (bicyclic) bond motifs is 1. The number of hydrogen-bond acceptors (Lipinski definition) is 3. The van der Waals surface area contributed by atoms with Gasteiger partial charge in [-0.3, -0.25) is 0 Å². The molecule has 102 valence electrons. The number of rotatable bonds is 2. The van der Waals surface area contributed by atoms with E-state index in [1.54, 1.807) is 12.1 Å². The van der Waals surface area contributed by atoms with Crippen molar-refractivity contribution in [3.8, 4) is 0 Å². The van der Waals surface area contributed by atoms with Gasteiger partial charge in [-0.15, -0.1) is 0 Å². The summed E-state index contributed by atoms with van der Waals surface area (Å²) in [5, 5.41) is 12.4. The number of oxime groups is 1. The van der Waals surface area contributed by atoms with Crippen LogP contribution in [0, 0.1) is 5.82 Å². The van der Waals surface area contributed by atoms with Crippen LogP contribution in [0.1, 0.15) is 17.5 Å². The van der Waals surface area contributed by atoms with E-state index in [4.69, 9.17) is 5.21 Å². The molecule has 0 saturated heterocycles. The molecule has 1 heterocycles. The molecule has 0 spiro atoms. The van der Waals surface area contributed by atoms with Crippen LogP contribution in [0.4, 0.5) is 10.1 Å². The van der Waals surface area contributed by atoms with E-state index in [-0.39, 0.29) is 5.82 Å². The third-order valence-electron chi connectivity index (χ3n) is 3.56. The zero-order chi connectivity index (χ0) is 13.9. The Labute approximate surface area is 117 Å². The van der Waals surface area contributed by atoms with E-state index in [0.29, 0.717) is 18.7 Å². The van der Waals surface area contributed by atoms with Crippen molar-refractivity contribution in [2.45, 2.75) is 13.0 Å². The summed E-state index contributed by atoms with van der Waals surface area (Å²) in [6.07, 6.45) is 0.683. The summed E-state index contributed by atoms with van der Waals surface area (Å²) in [6, 6.07) is 14.5. The van der Waals surface area contributed by atoms with Gasteiger partial charge in [0.05, 0.1) is 5.71 Å². The van der Waals surface area contributed by atoms with Crippen LogP contribution in [0.25, 0.3) is 0 Å². The number of anilines is 1. The second kappa shape index (κ2) is 5.33. The Kier molecular flexibility index (Phi) is 3.37. The van der Waals surface area contributed by atoms with E-state index < -0.39 is 0 Å². The molecule has 2 aromatic rings. The second-order valence-corrected chi connectivity index (χ2v) is 4.87. The van der Waals surface area contributed by atoms with Gasteiger partial charge in [0.25, 0.3) is 0 Å². The smallest absolute Gasteiger partial charge is 0.123 e. The van der Waals surface area contributed by atoms with Crippen molar-refractivity contribution in [1.29, 1.82) is 0 Å². The van der Waals surface area contributed by atoms with Gasteiger partial charge in [0.15, 0.2) is 0 Å². The Morgan fingerprint density at radius 1 is 1.15 bits per heavy atom. The molecule has 0 radical (unpaired) electrons. The summed E-state index contributed by atoms with van der Waals surface area (Å²) in [5.41, 5.74) is 3.61. The molecule has 0 unspecified atom stereocenters. The molecular weight excluding hydrogens is 255 g/mol. The minimum absolute atomic E-state index is 0.217. The normalized spacial score (nSPS) is 16.2. The second-order valence-electron chi connectivity index (χ2n) is 4.87. The largest absolute Gasteiger partial charge is 0.411 e. The molecule has 4 heteroatoms. The number of hydrogen-bond donors (Lipinski definition) is 1. The van der Waals surface area contributed by atoms with E-state index in [9.17, 15) is 4.39 Å². The van der Waals surface area contributed by atoms with Crippen LogP contribution in [-0.2, 0) is 6.54 Å². The summed E-state index contributed by atoms with van der Waals surface area (Å²) in [4.78, 5) is 2.18. The molecule has 1 aliphatic rings. The lowest BCUT2D eigenvalue weighted by atomic mass is 9.99. The Balaban J connectivity index is 1.92. The highest BCUT2D eigenvalue weighted by atomic mass is 19.1. The zero-order valence-corrected chi connectivity index (χ0v) is 11.0.